The minimum atomic E-state index is -3.85. The number of pyridine rings is 1. The van der Waals surface area contributed by atoms with Crippen molar-refractivity contribution in [3.8, 4) is 11.5 Å². The van der Waals surface area contributed by atoms with E-state index in [4.69, 9.17) is 15.2 Å². The number of aromatic nitrogens is 1. The Morgan fingerprint density at radius 2 is 1.85 bits per heavy atom. The second kappa shape index (κ2) is 13.9. The summed E-state index contributed by atoms with van der Waals surface area (Å²) < 4.78 is 54.0. The van der Waals surface area contributed by atoms with E-state index in [-0.39, 0.29) is 46.4 Å². The molecule has 4 aromatic rings. The third kappa shape index (κ3) is 6.79. The smallest absolute Gasteiger partial charge is 0.409 e. The number of hydrogen-bond donors (Lipinski definition) is 4. The third-order valence-electron chi connectivity index (χ3n) is 8.33. The number of amides is 2. The maximum Gasteiger partial charge on any atom is 0.409 e. The molecule has 1 aromatic heterocycles. The summed E-state index contributed by atoms with van der Waals surface area (Å²) in [7, 11) is -2.46. The maximum atomic E-state index is 16.0. The van der Waals surface area contributed by atoms with E-state index in [9.17, 15) is 23.1 Å². The summed E-state index contributed by atoms with van der Waals surface area (Å²) >= 11 is 0. The van der Waals surface area contributed by atoms with Crippen molar-refractivity contribution in [2.45, 2.75) is 55.8 Å². The van der Waals surface area contributed by atoms with Crippen molar-refractivity contribution < 1.29 is 37.0 Å². The highest BCUT2D eigenvalue weighted by Gasteiger charge is 2.39. The Balaban J connectivity index is 1.64. The summed E-state index contributed by atoms with van der Waals surface area (Å²) in [6.45, 7) is 5.38. The number of ether oxygens (including phenoxy) is 2. The van der Waals surface area contributed by atoms with Crippen molar-refractivity contribution in [1.29, 1.82) is 0 Å². The molecule has 1 fully saturated rings. The lowest BCUT2D eigenvalue weighted by molar-refractivity contribution is -0.133. The number of nitrogens with zero attached hydrogens (tertiary/aromatic N) is 2. The summed E-state index contributed by atoms with van der Waals surface area (Å²) in [5.41, 5.74) is 6.95. The van der Waals surface area contributed by atoms with Gasteiger partial charge in [0, 0.05) is 41.1 Å². The van der Waals surface area contributed by atoms with Gasteiger partial charge in [-0.05, 0) is 93.1 Å². The van der Waals surface area contributed by atoms with Crippen LogP contribution in [0.3, 0.4) is 0 Å². The van der Waals surface area contributed by atoms with Crippen molar-refractivity contribution in [1.82, 2.24) is 9.88 Å². The van der Waals surface area contributed by atoms with Crippen LogP contribution in [-0.4, -0.2) is 60.9 Å². The van der Waals surface area contributed by atoms with Crippen LogP contribution in [0.5, 0.6) is 11.5 Å². The van der Waals surface area contributed by atoms with Crippen LogP contribution in [0.15, 0.2) is 65.7 Å². The van der Waals surface area contributed by atoms with Crippen molar-refractivity contribution >= 4 is 49.8 Å². The van der Waals surface area contributed by atoms with Crippen LogP contribution in [0.4, 0.5) is 26.4 Å². The molecule has 0 radical (unpaired) electrons. The SMILES string of the molecule is CCOc1cc([C@@H](Nc2ccc3c(N)nccc3c2)C(=O)N2CCC[C@@H]2c2cc(NC(=O)O)ccc2S(=O)(=O)C(C)C)c(F)cc1OC. The highest BCUT2D eigenvalue weighted by atomic mass is 32.2. The highest BCUT2D eigenvalue weighted by Crippen LogP contribution is 2.41. The van der Waals surface area contributed by atoms with Crippen LogP contribution in [0.25, 0.3) is 10.8 Å². The lowest BCUT2D eigenvalue weighted by atomic mass is 10.00. The number of carbonyl (C=O) groups excluding carboxylic acids is 1. The third-order valence-corrected chi connectivity index (χ3v) is 10.6. The van der Waals surface area contributed by atoms with Gasteiger partial charge in [-0.1, -0.05) is 0 Å². The van der Waals surface area contributed by atoms with Crippen molar-refractivity contribution in [2.24, 2.45) is 0 Å². The molecule has 0 spiro atoms. The molecule has 3 aromatic carbocycles. The minimum Gasteiger partial charge on any atom is -0.493 e. The molecule has 0 aliphatic carbocycles. The van der Waals surface area contributed by atoms with E-state index in [0.29, 0.717) is 29.7 Å². The number of nitrogens with one attached hydrogen (secondary N) is 2. The van der Waals surface area contributed by atoms with Gasteiger partial charge < -0.3 is 30.5 Å². The first-order chi connectivity index (χ1) is 22.8. The van der Waals surface area contributed by atoms with E-state index in [0.717, 1.165) is 11.5 Å². The Bertz CT molecular complexity index is 1970. The summed E-state index contributed by atoms with van der Waals surface area (Å²) in [5, 5.41) is 15.5. The zero-order chi connectivity index (χ0) is 34.7. The molecule has 2 atom stereocenters. The van der Waals surface area contributed by atoms with Gasteiger partial charge in [0.05, 0.1) is 29.9 Å². The average molecular weight is 680 g/mol. The quantitative estimate of drug-likeness (QED) is 0.144. The second-order valence-electron chi connectivity index (χ2n) is 11.6. The van der Waals surface area contributed by atoms with Crippen LogP contribution < -0.4 is 25.8 Å². The van der Waals surface area contributed by atoms with Gasteiger partial charge in [0.2, 0.25) is 5.91 Å². The minimum absolute atomic E-state index is 0.00219. The van der Waals surface area contributed by atoms with Crippen molar-refractivity contribution in [3.05, 3.63) is 77.7 Å². The molecule has 48 heavy (non-hydrogen) atoms. The van der Waals surface area contributed by atoms with Crippen LogP contribution in [0.1, 0.15) is 56.8 Å². The summed E-state index contributed by atoms with van der Waals surface area (Å²) in [4.78, 5) is 31.8. The van der Waals surface area contributed by atoms with Gasteiger partial charge >= 0.3 is 6.09 Å². The fourth-order valence-electron chi connectivity index (χ4n) is 5.97. The van der Waals surface area contributed by atoms with Crippen LogP contribution in [0, 0.1) is 5.82 Å². The van der Waals surface area contributed by atoms with Gasteiger partial charge in [0.15, 0.2) is 21.3 Å². The molecule has 1 saturated heterocycles. The number of carbonyl (C=O) groups is 2. The Morgan fingerprint density at radius 3 is 2.54 bits per heavy atom. The summed E-state index contributed by atoms with van der Waals surface area (Å²) in [6.07, 6.45) is 1.16. The van der Waals surface area contributed by atoms with E-state index < -0.39 is 45.0 Å². The number of benzene rings is 3. The predicted octanol–water partition coefficient (Wildman–Crippen LogP) is 6.15. The maximum absolute atomic E-state index is 16.0. The van der Waals surface area contributed by atoms with Gasteiger partial charge in [0.25, 0.3) is 0 Å². The number of sulfone groups is 1. The molecule has 0 saturated carbocycles. The molecular formula is C34H38FN5O7S. The van der Waals surface area contributed by atoms with Crippen molar-refractivity contribution in [3.63, 3.8) is 0 Å². The molecule has 1 aliphatic rings. The van der Waals surface area contributed by atoms with E-state index in [1.54, 1.807) is 51.2 Å². The Hall–Kier alpha value is -5.11. The molecule has 2 amide bonds. The Labute approximate surface area is 278 Å². The number of fused-ring (bicyclic) bond motifs is 1. The van der Waals surface area contributed by atoms with Crippen LogP contribution >= 0.6 is 0 Å². The zero-order valence-electron chi connectivity index (χ0n) is 27.0. The number of methoxy groups -OCH3 is 1. The number of halogens is 1. The predicted molar refractivity (Wildman–Crippen MR) is 181 cm³/mol. The number of nitrogen functional groups attached to an aromatic ring is 1. The lowest BCUT2D eigenvalue weighted by Crippen LogP contribution is -2.38. The van der Waals surface area contributed by atoms with Gasteiger partial charge in [-0.3, -0.25) is 10.1 Å². The van der Waals surface area contributed by atoms with E-state index in [1.807, 2.05) is 0 Å². The van der Waals surface area contributed by atoms with Gasteiger partial charge in [-0.2, -0.15) is 0 Å². The summed E-state index contributed by atoms with van der Waals surface area (Å²) in [5.74, 6) is -0.516. The Morgan fingerprint density at radius 1 is 1.10 bits per heavy atom. The lowest BCUT2D eigenvalue weighted by Gasteiger charge is -2.32. The molecular weight excluding hydrogens is 641 g/mol. The molecule has 5 rings (SSSR count). The van der Waals surface area contributed by atoms with Gasteiger partial charge in [-0.25, -0.2) is 22.6 Å². The number of nitrogens with two attached hydrogens (primary N) is 1. The molecule has 0 unspecified atom stereocenters. The number of rotatable bonds is 11. The molecule has 14 heteroatoms. The molecule has 2 heterocycles. The number of hydrogen-bond acceptors (Lipinski definition) is 9. The average Bonchev–Trinajstić information content (AvgIpc) is 3.54. The zero-order valence-corrected chi connectivity index (χ0v) is 27.8. The standard InChI is InChI=1S/C34H38FN5O7S/c1-5-47-29-17-24(26(35)18-28(29)46-4)31(38-21-8-10-23-20(15-21)12-13-37-32(23)36)33(41)40-14-6-7-27(40)25-16-22(39-34(42)43)9-11-30(25)48(44,45)19(2)3/h8-13,15-19,27,31,38-39H,5-7,14H2,1-4H3,(H2,36,37)(H,42,43)/t27-,31-/m1/s1. The number of anilines is 3. The molecule has 1 aliphatic heterocycles. The number of likely N-dealkylation sites (tertiary alicyclic amines) is 1. The first-order valence-electron chi connectivity index (χ1n) is 15.4. The van der Waals surface area contributed by atoms with Crippen LogP contribution in [-0.2, 0) is 14.6 Å². The monoisotopic (exact) mass is 679 g/mol. The second-order valence-corrected chi connectivity index (χ2v) is 14.1. The topological polar surface area (TPSA) is 173 Å². The highest BCUT2D eigenvalue weighted by molar-refractivity contribution is 7.92. The van der Waals surface area contributed by atoms with E-state index >= 15 is 4.39 Å². The summed E-state index contributed by atoms with van der Waals surface area (Å²) in [6, 6.07) is 11.7. The number of carboxylic acid groups (broad SMARTS) is 1. The fraction of sp³-hybridized carbons (Fsp3) is 0.324. The Kier molecular flexibility index (Phi) is 9.94. The first kappa shape index (κ1) is 34.2. The molecule has 254 valence electrons. The van der Waals surface area contributed by atoms with Gasteiger partial charge in [0.1, 0.15) is 17.7 Å². The molecule has 5 N–H and O–H groups in total. The fourth-order valence-corrected chi connectivity index (χ4v) is 7.26. The van der Waals surface area contributed by atoms with Gasteiger partial charge in [-0.15, -0.1) is 0 Å². The van der Waals surface area contributed by atoms with E-state index in [1.165, 1.54) is 36.3 Å². The molecule has 12 nitrogen and oxygen atoms in total. The normalized spacial score (nSPS) is 15.4. The largest absolute Gasteiger partial charge is 0.493 e. The van der Waals surface area contributed by atoms with E-state index in [2.05, 4.69) is 15.6 Å². The first-order valence-corrected chi connectivity index (χ1v) is 17.0. The van der Waals surface area contributed by atoms with Crippen molar-refractivity contribution in [2.75, 3.05) is 36.6 Å². The molecule has 0 bridgehead atoms. The van der Waals surface area contributed by atoms with Crippen LogP contribution in [0.2, 0.25) is 0 Å².